The summed E-state index contributed by atoms with van der Waals surface area (Å²) in [7, 11) is 1.61. The number of hydrogen-bond donors (Lipinski definition) is 1. The SMILES string of the molecule is COc1ccc(Cn2nnc(C(=O)O)c2Oc2ccc3c(c2)CCN(C(C)C)C3)cc1. The first-order valence-electron chi connectivity index (χ1n) is 10.3. The fraction of sp³-hybridized carbons (Fsp3) is 0.348. The molecule has 0 bridgehead atoms. The van der Waals surface area contributed by atoms with Crippen molar-refractivity contribution in [3.8, 4) is 17.4 Å². The average Bonchev–Trinajstić information content (AvgIpc) is 3.16. The van der Waals surface area contributed by atoms with Gasteiger partial charge in [0.25, 0.3) is 5.88 Å². The molecule has 8 heteroatoms. The standard InChI is InChI=1S/C23H26N4O4/c1-15(2)26-11-10-17-12-20(9-6-18(17)14-26)31-22-21(23(28)29)24-25-27(22)13-16-4-7-19(30-3)8-5-16/h4-9,12,15H,10-11,13-14H2,1-3H3,(H,28,29). The molecule has 0 unspecified atom stereocenters. The number of fused-ring (bicyclic) bond motifs is 1. The molecule has 0 amide bonds. The third-order valence-corrected chi connectivity index (χ3v) is 5.55. The van der Waals surface area contributed by atoms with Crippen molar-refractivity contribution < 1.29 is 19.4 Å². The lowest BCUT2D eigenvalue weighted by Gasteiger charge is -2.32. The maximum Gasteiger partial charge on any atom is 0.362 e. The van der Waals surface area contributed by atoms with Gasteiger partial charge in [0, 0.05) is 19.1 Å². The minimum Gasteiger partial charge on any atom is -0.497 e. The minimum atomic E-state index is -1.18. The van der Waals surface area contributed by atoms with Crippen molar-refractivity contribution in [1.82, 2.24) is 19.9 Å². The molecule has 1 aromatic heterocycles. The first-order chi connectivity index (χ1) is 14.9. The van der Waals surface area contributed by atoms with Gasteiger partial charge in [0.1, 0.15) is 11.5 Å². The summed E-state index contributed by atoms with van der Waals surface area (Å²) in [4.78, 5) is 14.1. The van der Waals surface area contributed by atoms with E-state index in [1.165, 1.54) is 15.8 Å². The number of benzene rings is 2. The maximum atomic E-state index is 11.7. The Hall–Kier alpha value is -3.39. The van der Waals surface area contributed by atoms with E-state index in [4.69, 9.17) is 9.47 Å². The third kappa shape index (κ3) is 4.54. The molecular weight excluding hydrogens is 396 g/mol. The van der Waals surface area contributed by atoms with Gasteiger partial charge in [0.05, 0.1) is 13.7 Å². The van der Waals surface area contributed by atoms with Gasteiger partial charge in [0.2, 0.25) is 5.69 Å². The van der Waals surface area contributed by atoms with Crippen LogP contribution in [-0.2, 0) is 19.5 Å². The highest BCUT2D eigenvalue weighted by atomic mass is 16.5. The summed E-state index contributed by atoms with van der Waals surface area (Å²) >= 11 is 0. The molecule has 8 nitrogen and oxygen atoms in total. The smallest absolute Gasteiger partial charge is 0.362 e. The van der Waals surface area contributed by atoms with Crippen LogP contribution in [0.4, 0.5) is 0 Å². The van der Waals surface area contributed by atoms with Crippen LogP contribution in [0.25, 0.3) is 0 Å². The highest BCUT2D eigenvalue weighted by Crippen LogP contribution is 2.29. The summed E-state index contributed by atoms with van der Waals surface area (Å²) in [6.45, 7) is 6.63. The lowest BCUT2D eigenvalue weighted by Crippen LogP contribution is -2.35. The van der Waals surface area contributed by atoms with Crippen LogP contribution in [0, 0.1) is 0 Å². The van der Waals surface area contributed by atoms with Crippen molar-refractivity contribution in [3.63, 3.8) is 0 Å². The fourth-order valence-electron chi connectivity index (χ4n) is 3.71. The van der Waals surface area contributed by atoms with Gasteiger partial charge in [-0.2, -0.15) is 0 Å². The number of carboxylic acids is 1. The molecule has 0 radical (unpaired) electrons. The van der Waals surface area contributed by atoms with Crippen LogP contribution in [0.3, 0.4) is 0 Å². The molecule has 0 saturated heterocycles. The van der Waals surface area contributed by atoms with Crippen LogP contribution >= 0.6 is 0 Å². The van der Waals surface area contributed by atoms with Gasteiger partial charge in [-0.15, -0.1) is 5.10 Å². The quantitative estimate of drug-likeness (QED) is 0.622. The molecule has 0 fully saturated rings. The van der Waals surface area contributed by atoms with E-state index < -0.39 is 5.97 Å². The summed E-state index contributed by atoms with van der Waals surface area (Å²) in [6.07, 6.45) is 0.930. The van der Waals surface area contributed by atoms with E-state index in [0.29, 0.717) is 18.3 Å². The van der Waals surface area contributed by atoms with Crippen LogP contribution in [-0.4, -0.2) is 50.7 Å². The maximum absolute atomic E-state index is 11.7. The number of aromatic carboxylic acids is 1. The van der Waals surface area contributed by atoms with Crippen molar-refractivity contribution in [2.75, 3.05) is 13.7 Å². The largest absolute Gasteiger partial charge is 0.497 e. The van der Waals surface area contributed by atoms with E-state index in [2.05, 4.69) is 35.1 Å². The van der Waals surface area contributed by atoms with Crippen molar-refractivity contribution in [2.24, 2.45) is 0 Å². The zero-order valence-corrected chi connectivity index (χ0v) is 17.9. The Morgan fingerprint density at radius 1 is 1.13 bits per heavy atom. The molecule has 1 aliphatic heterocycles. The molecule has 1 aliphatic rings. The molecule has 3 aromatic rings. The summed E-state index contributed by atoms with van der Waals surface area (Å²) in [5.41, 5.74) is 3.21. The molecule has 31 heavy (non-hydrogen) atoms. The number of carboxylic acid groups (broad SMARTS) is 1. The molecule has 0 spiro atoms. The van der Waals surface area contributed by atoms with E-state index >= 15 is 0 Å². The van der Waals surface area contributed by atoms with Gasteiger partial charge in [-0.3, -0.25) is 4.90 Å². The first kappa shape index (κ1) is 20.9. The zero-order chi connectivity index (χ0) is 22.0. The van der Waals surface area contributed by atoms with Crippen LogP contribution in [0.1, 0.15) is 41.0 Å². The van der Waals surface area contributed by atoms with E-state index in [1.54, 1.807) is 7.11 Å². The Balaban J connectivity index is 1.59. The topological polar surface area (TPSA) is 89.7 Å². The lowest BCUT2D eigenvalue weighted by atomic mass is 9.98. The van der Waals surface area contributed by atoms with Crippen LogP contribution in [0.15, 0.2) is 42.5 Å². The molecule has 2 heterocycles. The molecule has 4 rings (SSSR count). The van der Waals surface area contributed by atoms with Crippen LogP contribution in [0.2, 0.25) is 0 Å². The second-order valence-corrected chi connectivity index (χ2v) is 7.90. The monoisotopic (exact) mass is 422 g/mol. The highest BCUT2D eigenvalue weighted by Gasteiger charge is 2.23. The number of rotatable bonds is 7. The Bertz CT molecular complexity index is 1080. The van der Waals surface area contributed by atoms with E-state index in [9.17, 15) is 9.90 Å². The summed E-state index contributed by atoms with van der Waals surface area (Å²) < 4.78 is 12.7. The summed E-state index contributed by atoms with van der Waals surface area (Å²) in [5, 5.41) is 17.4. The van der Waals surface area contributed by atoms with Crippen LogP contribution in [0.5, 0.6) is 17.4 Å². The Morgan fingerprint density at radius 2 is 1.87 bits per heavy atom. The van der Waals surface area contributed by atoms with Gasteiger partial charge in [-0.25, -0.2) is 9.48 Å². The van der Waals surface area contributed by atoms with Crippen LogP contribution < -0.4 is 9.47 Å². The van der Waals surface area contributed by atoms with E-state index in [-0.39, 0.29) is 11.6 Å². The predicted octanol–water partition coefficient (Wildman–Crippen LogP) is 3.59. The van der Waals surface area contributed by atoms with Gasteiger partial charge in [0.15, 0.2) is 0 Å². The molecule has 0 aliphatic carbocycles. The predicted molar refractivity (Wildman–Crippen MR) is 115 cm³/mol. The van der Waals surface area contributed by atoms with Gasteiger partial charge < -0.3 is 14.6 Å². The van der Waals surface area contributed by atoms with Crippen molar-refractivity contribution in [1.29, 1.82) is 0 Å². The van der Waals surface area contributed by atoms with Crippen molar-refractivity contribution in [2.45, 2.75) is 39.4 Å². The minimum absolute atomic E-state index is 0.114. The molecule has 1 N–H and O–H groups in total. The van der Waals surface area contributed by atoms with E-state index in [1.807, 2.05) is 36.4 Å². The van der Waals surface area contributed by atoms with Gasteiger partial charge in [-0.05, 0) is 61.2 Å². The Kier molecular flexibility index (Phi) is 5.90. The van der Waals surface area contributed by atoms with Gasteiger partial charge >= 0.3 is 5.97 Å². The normalized spacial score (nSPS) is 13.8. The number of aromatic nitrogens is 3. The highest BCUT2D eigenvalue weighted by molar-refractivity contribution is 5.87. The van der Waals surface area contributed by atoms with Crippen molar-refractivity contribution in [3.05, 3.63) is 64.8 Å². The third-order valence-electron chi connectivity index (χ3n) is 5.55. The molecular formula is C23H26N4O4. The number of ether oxygens (including phenoxy) is 2. The van der Waals surface area contributed by atoms with E-state index in [0.717, 1.165) is 30.8 Å². The van der Waals surface area contributed by atoms with Gasteiger partial charge in [-0.1, -0.05) is 23.4 Å². The first-order valence-corrected chi connectivity index (χ1v) is 10.3. The number of carbonyl (C=O) groups is 1. The molecule has 162 valence electrons. The lowest BCUT2D eigenvalue weighted by molar-refractivity contribution is 0.0687. The number of methoxy groups -OCH3 is 1. The Morgan fingerprint density at radius 3 is 2.55 bits per heavy atom. The Labute approximate surface area is 181 Å². The molecule has 0 saturated carbocycles. The fourth-order valence-corrected chi connectivity index (χ4v) is 3.71. The number of nitrogens with zero attached hydrogens (tertiary/aromatic N) is 4. The average molecular weight is 422 g/mol. The molecule has 0 atom stereocenters. The second kappa shape index (κ2) is 8.77. The molecule has 2 aromatic carbocycles. The number of hydrogen-bond acceptors (Lipinski definition) is 6. The zero-order valence-electron chi connectivity index (χ0n) is 17.9. The van der Waals surface area contributed by atoms with Crippen molar-refractivity contribution >= 4 is 5.97 Å². The summed E-state index contributed by atoms with van der Waals surface area (Å²) in [5.74, 6) is 0.261. The second-order valence-electron chi connectivity index (χ2n) is 7.90. The summed E-state index contributed by atoms with van der Waals surface area (Å²) in [6, 6.07) is 13.9.